The number of carboxylic acids is 1. The minimum absolute atomic E-state index is 0.0526. The summed E-state index contributed by atoms with van der Waals surface area (Å²) in [4.78, 5) is 36.0. The van der Waals surface area contributed by atoms with Crippen LogP contribution in [0, 0.1) is 3.57 Å². The Morgan fingerprint density at radius 2 is 1.75 bits per heavy atom. The third-order valence-corrected chi connectivity index (χ3v) is 5.61. The van der Waals surface area contributed by atoms with Gasteiger partial charge in [0.05, 0.1) is 14.8 Å². The van der Waals surface area contributed by atoms with Gasteiger partial charge in [-0.1, -0.05) is 36.4 Å². The molecule has 0 aliphatic carbocycles. The standard InChI is InChI=1S/C24H17IN2O5/c25-20-13-16(8-11-21(20)32-14-15-6-9-17(10-7-15)24(30)31)12-19-22(28)26-27(23(19)29)18-4-2-1-3-5-18/h1-13H,14H2,(H,26,28)(H,30,31)/b19-12-. The maximum atomic E-state index is 12.7. The number of hydrogen-bond acceptors (Lipinski definition) is 4. The van der Waals surface area contributed by atoms with Crippen molar-refractivity contribution in [2.24, 2.45) is 0 Å². The number of ether oxygens (including phenoxy) is 1. The molecule has 0 unspecified atom stereocenters. The fraction of sp³-hybridized carbons (Fsp3) is 0.0417. The molecule has 7 nitrogen and oxygen atoms in total. The molecular formula is C24H17IN2O5. The molecule has 0 aromatic heterocycles. The summed E-state index contributed by atoms with van der Waals surface area (Å²) in [5.74, 6) is -1.21. The molecular weight excluding hydrogens is 523 g/mol. The second-order valence-electron chi connectivity index (χ2n) is 6.96. The van der Waals surface area contributed by atoms with Crippen LogP contribution in [-0.2, 0) is 16.2 Å². The Morgan fingerprint density at radius 3 is 2.41 bits per heavy atom. The van der Waals surface area contributed by atoms with Crippen LogP contribution in [0.15, 0.2) is 78.4 Å². The van der Waals surface area contributed by atoms with Crippen LogP contribution in [0.1, 0.15) is 21.5 Å². The van der Waals surface area contributed by atoms with E-state index in [1.165, 1.54) is 17.1 Å². The van der Waals surface area contributed by atoms with Gasteiger partial charge in [-0.2, -0.15) is 0 Å². The molecule has 8 heteroatoms. The summed E-state index contributed by atoms with van der Waals surface area (Å²) in [6.45, 7) is 0.281. The van der Waals surface area contributed by atoms with E-state index in [9.17, 15) is 14.4 Å². The Balaban J connectivity index is 1.47. The van der Waals surface area contributed by atoms with Gasteiger partial charge < -0.3 is 9.84 Å². The number of hydrazine groups is 1. The number of anilines is 1. The Bertz CT molecular complexity index is 1220. The van der Waals surface area contributed by atoms with Crippen LogP contribution in [0.2, 0.25) is 0 Å². The number of nitrogens with one attached hydrogen (secondary N) is 1. The molecule has 32 heavy (non-hydrogen) atoms. The molecule has 160 valence electrons. The Kier molecular flexibility index (Phi) is 6.22. The summed E-state index contributed by atoms with van der Waals surface area (Å²) in [6, 6.07) is 20.7. The number of hydrogen-bond donors (Lipinski definition) is 2. The average Bonchev–Trinajstić information content (AvgIpc) is 3.07. The van der Waals surface area contributed by atoms with E-state index in [-0.39, 0.29) is 17.7 Å². The van der Waals surface area contributed by atoms with Crippen molar-refractivity contribution >= 4 is 52.1 Å². The molecule has 0 spiro atoms. The highest BCUT2D eigenvalue weighted by molar-refractivity contribution is 14.1. The van der Waals surface area contributed by atoms with Crippen LogP contribution in [0.25, 0.3) is 6.08 Å². The first-order valence-corrected chi connectivity index (χ1v) is 10.7. The molecule has 3 aromatic carbocycles. The number of aromatic carboxylic acids is 1. The molecule has 4 rings (SSSR count). The van der Waals surface area contributed by atoms with Crippen LogP contribution >= 0.6 is 22.6 Å². The number of halogens is 1. The van der Waals surface area contributed by atoms with Crippen molar-refractivity contribution in [1.82, 2.24) is 5.43 Å². The minimum Gasteiger partial charge on any atom is -0.488 e. The molecule has 1 saturated heterocycles. The largest absolute Gasteiger partial charge is 0.488 e. The van der Waals surface area contributed by atoms with Crippen molar-refractivity contribution < 1.29 is 24.2 Å². The second-order valence-corrected chi connectivity index (χ2v) is 8.12. The van der Waals surface area contributed by atoms with E-state index >= 15 is 0 Å². The zero-order valence-electron chi connectivity index (χ0n) is 16.6. The van der Waals surface area contributed by atoms with E-state index in [0.717, 1.165) is 9.13 Å². The van der Waals surface area contributed by atoms with Gasteiger partial charge in [-0.25, -0.2) is 9.80 Å². The van der Waals surface area contributed by atoms with Gasteiger partial charge in [0.25, 0.3) is 11.8 Å². The third kappa shape index (κ3) is 4.65. The van der Waals surface area contributed by atoms with E-state index in [1.807, 2.05) is 12.1 Å². The maximum Gasteiger partial charge on any atom is 0.335 e. The Morgan fingerprint density at radius 1 is 1.03 bits per heavy atom. The monoisotopic (exact) mass is 540 g/mol. The van der Waals surface area contributed by atoms with Crippen molar-refractivity contribution in [3.63, 3.8) is 0 Å². The molecule has 0 radical (unpaired) electrons. The summed E-state index contributed by atoms with van der Waals surface area (Å²) in [7, 11) is 0. The zero-order chi connectivity index (χ0) is 22.7. The number of carbonyl (C=O) groups excluding carboxylic acids is 2. The lowest BCUT2D eigenvalue weighted by molar-refractivity contribution is -0.117. The quantitative estimate of drug-likeness (QED) is 0.280. The van der Waals surface area contributed by atoms with E-state index in [0.29, 0.717) is 17.0 Å². The summed E-state index contributed by atoms with van der Waals surface area (Å²) < 4.78 is 6.65. The van der Waals surface area contributed by atoms with Gasteiger partial charge in [0, 0.05) is 0 Å². The minimum atomic E-state index is -0.974. The first-order valence-electron chi connectivity index (χ1n) is 9.59. The van der Waals surface area contributed by atoms with E-state index < -0.39 is 17.8 Å². The molecule has 1 aliphatic rings. The smallest absolute Gasteiger partial charge is 0.335 e. The summed E-state index contributed by atoms with van der Waals surface area (Å²) in [6.07, 6.45) is 1.55. The lowest BCUT2D eigenvalue weighted by Crippen LogP contribution is -2.35. The van der Waals surface area contributed by atoms with E-state index in [4.69, 9.17) is 9.84 Å². The molecule has 0 bridgehead atoms. The van der Waals surface area contributed by atoms with Crippen molar-refractivity contribution in [1.29, 1.82) is 0 Å². The molecule has 0 saturated carbocycles. The van der Waals surface area contributed by atoms with Crippen molar-refractivity contribution in [2.45, 2.75) is 6.61 Å². The summed E-state index contributed by atoms with van der Waals surface area (Å²) >= 11 is 2.13. The third-order valence-electron chi connectivity index (χ3n) is 4.77. The van der Waals surface area contributed by atoms with Crippen LogP contribution in [0.4, 0.5) is 5.69 Å². The number of amides is 2. The highest BCUT2D eigenvalue weighted by Crippen LogP contribution is 2.26. The lowest BCUT2D eigenvalue weighted by atomic mass is 10.1. The average molecular weight is 540 g/mol. The number of nitrogens with zero attached hydrogens (tertiary/aromatic N) is 1. The molecule has 2 N–H and O–H groups in total. The molecule has 2 amide bonds. The summed E-state index contributed by atoms with van der Waals surface area (Å²) in [5, 5.41) is 10.2. The highest BCUT2D eigenvalue weighted by atomic mass is 127. The maximum absolute atomic E-state index is 12.7. The lowest BCUT2D eigenvalue weighted by Gasteiger charge is -2.13. The number of carboxylic acid groups (broad SMARTS) is 1. The predicted octanol–water partition coefficient (Wildman–Crippen LogP) is 4.03. The van der Waals surface area contributed by atoms with Crippen LogP contribution in [0.3, 0.4) is 0 Å². The van der Waals surface area contributed by atoms with E-state index in [1.54, 1.807) is 54.6 Å². The van der Waals surface area contributed by atoms with Crippen molar-refractivity contribution in [3.8, 4) is 5.75 Å². The fourth-order valence-corrected chi connectivity index (χ4v) is 3.81. The summed E-state index contributed by atoms with van der Waals surface area (Å²) in [5.41, 5.74) is 4.97. The molecule has 0 atom stereocenters. The molecule has 1 heterocycles. The number of para-hydroxylation sites is 1. The Labute approximate surface area is 197 Å². The topological polar surface area (TPSA) is 95.9 Å². The zero-order valence-corrected chi connectivity index (χ0v) is 18.8. The van der Waals surface area contributed by atoms with Crippen LogP contribution in [0.5, 0.6) is 5.75 Å². The van der Waals surface area contributed by atoms with Gasteiger partial charge in [0.2, 0.25) is 0 Å². The highest BCUT2D eigenvalue weighted by Gasteiger charge is 2.34. The fourth-order valence-electron chi connectivity index (χ4n) is 3.11. The van der Waals surface area contributed by atoms with Crippen LogP contribution in [-0.4, -0.2) is 22.9 Å². The number of benzene rings is 3. The first-order chi connectivity index (χ1) is 15.4. The molecule has 1 aliphatic heterocycles. The van der Waals surface area contributed by atoms with E-state index in [2.05, 4.69) is 28.0 Å². The van der Waals surface area contributed by atoms with Gasteiger partial charge in [0.1, 0.15) is 17.9 Å². The SMILES string of the molecule is O=C1NN(c2ccccc2)C(=O)/C1=C\c1ccc(OCc2ccc(C(=O)O)cc2)c(I)c1. The second kappa shape index (κ2) is 9.23. The Hall–Kier alpha value is -3.66. The molecule has 1 fully saturated rings. The van der Waals surface area contributed by atoms with Gasteiger partial charge in [-0.05, 0) is 76.2 Å². The molecule has 3 aromatic rings. The normalized spacial score (nSPS) is 14.5. The van der Waals surface area contributed by atoms with Gasteiger partial charge in [0.15, 0.2) is 0 Å². The van der Waals surface area contributed by atoms with Crippen molar-refractivity contribution in [3.05, 3.63) is 98.6 Å². The van der Waals surface area contributed by atoms with Crippen LogP contribution < -0.4 is 15.2 Å². The van der Waals surface area contributed by atoms with Gasteiger partial charge in [-0.3, -0.25) is 15.0 Å². The number of rotatable bonds is 6. The predicted molar refractivity (Wildman–Crippen MR) is 127 cm³/mol. The van der Waals surface area contributed by atoms with Gasteiger partial charge >= 0.3 is 5.97 Å². The number of carbonyl (C=O) groups is 3. The van der Waals surface area contributed by atoms with Crippen molar-refractivity contribution in [2.75, 3.05) is 5.01 Å². The first kappa shape index (κ1) is 21.6. The van der Waals surface area contributed by atoms with Gasteiger partial charge in [-0.15, -0.1) is 0 Å².